The van der Waals surface area contributed by atoms with Crippen LogP contribution >= 0.6 is 0 Å². The molecule has 1 aromatic heterocycles. The number of aromatic nitrogens is 1. The first-order valence-corrected chi connectivity index (χ1v) is 10.2. The number of anilines is 1. The number of hydrogen-bond acceptors (Lipinski definition) is 3. The molecule has 0 atom stereocenters. The van der Waals surface area contributed by atoms with Gasteiger partial charge in [0.15, 0.2) is 0 Å². The number of benzene rings is 2. The summed E-state index contributed by atoms with van der Waals surface area (Å²) in [7, 11) is 0. The van der Waals surface area contributed by atoms with Gasteiger partial charge in [-0.3, -0.25) is 14.6 Å². The Morgan fingerprint density at radius 3 is 2.38 bits per heavy atom. The van der Waals surface area contributed by atoms with Crippen LogP contribution in [0.5, 0.6) is 0 Å². The number of amides is 2. The van der Waals surface area contributed by atoms with Gasteiger partial charge in [-0.2, -0.15) is 0 Å². The van der Waals surface area contributed by atoms with Gasteiger partial charge in [-0.25, -0.2) is 8.78 Å². The summed E-state index contributed by atoms with van der Waals surface area (Å²) in [6.07, 6.45) is 3.94. The maximum Gasteiger partial charge on any atom is 0.261 e. The quantitative estimate of drug-likeness (QED) is 0.635. The highest BCUT2D eigenvalue weighted by Gasteiger charge is 2.23. The van der Waals surface area contributed by atoms with Crippen molar-refractivity contribution in [1.82, 2.24) is 9.88 Å². The van der Waals surface area contributed by atoms with Crippen LogP contribution in [0.4, 0.5) is 14.5 Å². The van der Waals surface area contributed by atoms with Gasteiger partial charge < -0.3 is 10.2 Å². The predicted octanol–water partition coefficient (Wildman–Crippen LogP) is 4.93. The number of hydrogen-bond donors (Lipinski definition) is 1. The average molecular weight is 433 g/mol. The van der Waals surface area contributed by atoms with Gasteiger partial charge in [0.1, 0.15) is 17.2 Å². The summed E-state index contributed by atoms with van der Waals surface area (Å²) in [4.78, 5) is 30.9. The lowest BCUT2D eigenvalue weighted by Crippen LogP contribution is -2.36. The molecule has 0 saturated heterocycles. The van der Waals surface area contributed by atoms with E-state index in [0.29, 0.717) is 24.3 Å². The smallest absolute Gasteiger partial charge is 0.261 e. The number of rotatable bonds is 4. The molecule has 0 saturated carbocycles. The van der Waals surface area contributed by atoms with Gasteiger partial charge in [0.25, 0.3) is 11.8 Å². The van der Waals surface area contributed by atoms with Gasteiger partial charge in [0.2, 0.25) is 0 Å². The summed E-state index contributed by atoms with van der Waals surface area (Å²) in [5.74, 6) is -2.76. The normalized spacial score (nSPS) is 13.8. The molecule has 162 valence electrons. The molecule has 4 rings (SSSR count). The predicted molar refractivity (Wildman–Crippen MR) is 118 cm³/mol. The van der Waals surface area contributed by atoms with E-state index in [0.717, 1.165) is 29.7 Å². The zero-order valence-corrected chi connectivity index (χ0v) is 17.4. The molecule has 0 spiro atoms. The molecular formula is C25H21F2N3O2. The summed E-state index contributed by atoms with van der Waals surface area (Å²) in [5, 5.41) is 2.52. The highest BCUT2D eigenvalue weighted by molar-refractivity contribution is 6.04. The standard InChI is InChI=1S/C25H21F2N3O2/c1-16-11-13-30(25(32)18-4-3-12-28-14-18)15-20(16)17-7-9-19(10-8-17)29-24(31)23-21(26)5-2-6-22(23)27/h2-10,12,14H,11,13,15H2,1H3,(H,29,31). The van der Waals surface area contributed by atoms with Crippen molar-refractivity contribution in [2.45, 2.75) is 13.3 Å². The van der Waals surface area contributed by atoms with Gasteiger partial charge in [-0.15, -0.1) is 0 Å². The molecule has 5 nitrogen and oxygen atoms in total. The lowest BCUT2D eigenvalue weighted by molar-refractivity contribution is 0.0772. The second kappa shape index (κ2) is 9.09. The van der Waals surface area contributed by atoms with E-state index < -0.39 is 23.1 Å². The fourth-order valence-electron chi connectivity index (χ4n) is 3.70. The van der Waals surface area contributed by atoms with E-state index in [4.69, 9.17) is 0 Å². The third kappa shape index (κ3) is 4.42. The summed E-state index contributed by atoms with van der Waals surface area (Å²) in [6, 6.07) is 13.8. The number of nitrogens with zero attached hydrogens (tertiary/aromatic N) is 2. The Morgan fingerprint density at radius 1 is 1.00 bits per heavy atom. The molecule has 2 aromatic carbocycles. The SMILES string of the molecule is CC1=C(c2ccc(NC(=O)c3c(F)cccc3F)cc2)CN(C(=O)c2cccnc2)CC1. The molecule has 0 unspecified atom stereocenters. The molecule has 1 N–H and O–H groups in total. The van der Waals surface area contributed by atoms with Crippen LogP contribution in [0.1, 0.15) is 39.6 Å². The van der Waals surface area contributed by atoms with Crippen LogP contribution in [0, 0.1) is 11.6 Å². The molecule has 0 aliphatic carbocycles. The first-order valence-electron chi connectivity index (χ1n) is 10.2. The Morgan fingerprint density at radius 2 is 1.72 bits per heavy atom. The van der Waals surface area contributed by atoms with Crippen LogP contribution in [0.3, 0.4) is 0 Å². The Balaban J connectivity index is 1.49. The van der Waals surface area contributed by atoms with Crippen LogP contribution in [-0.4, -0.2) is 34.8 Å². The van der Waals surface area contributed by atoms with Gasteiger partial charge >= 0.3 is 0 Å². The van der Waals surface area contributed by atoms with Crippen molar-refractivity contribution in [3.63, 3.8) is 0 Å². The minimum atomic E-state index is -0.916. The topological polar surface area (TPSA) is 62.3 Å². The maximum atomic E-state index is 13.8. The summed E-state index contributed by atoms with van der Waals surface area (Å²) < 4.78 is 27.7. The average Bonchev–Trinajstić information content (AvgIpc) is 2.80. The summed E-state index contributed by atoms with van der Waals surface area (Å²) in [5.41, 5.74) is 3.48. The third-order valence-electron chi connectivity index (χ3n) is 5.50. The molecule has 0 fully saturated rings. The van der Waals surface area contributed by atoms with E-state index in [1.54, 1.807) is 41.6 Å². The summed E-state index contributed by atoms with van der Waals surface area (Å²) >= 11 is 0. The lowest BCUT2D eigenvalue weighted by atomic mass is 9.94. The number of carbonyl (C=O) groups excluding carboxylic acids is 2. The lowest BCUT2D eigenvalue weighted by Gasteiger charge is -2.30. The van der Waals surface area contributed by atoms with Gasteiger partial charge in [0.05, 0.1) is 5.56 Å². The molecule has 2 heterocycles. The van der Waals surface area contributed by atoms with Crippen LogP contribution in [0.2, 0.25) is 0 Å². The number of pyridine rings is 1. The Labute approximate surface area is 184 Å². The Kier molecular flexibility index (Phi) is 6.07. The zero-order chi connectivity index (χ0) is 22.7. The van der Waals surface area contributed by atoms with E-state index in [2.05, 4.69) is 10.3 Å². The molecule has 0 radical (unpaired) electrons. The van der Waals surface area contributed by atoms with E-state index >= 15 is 0 Å². The molecule has 2 amide bonds. The number of carbonyl (C=O) groups is 2. The van der Waals surface area contributed by atoms with E-state index in [-0.39, 0.29) is 5.91 Å². The molecule has 32 heavy (non-hydrogen) atoms. The van der Waals surface area contributed by atoms with Crippen molar-refractivity contribution >= 4 is 23.1 Å². The van der Waals surface area contributed by atoms with Crippen molar-refractivity contribution < 1.29 is 18.4 Å². The molecule has 0 bridgehead atoms. The maximum absolute atomic E-state index is 13.8. The van der Waals surface area contributed by atoms with Crippen molar-refractivity contribution in [3.8, 4) is 0 Å². The minimum absolute atomic E-state index is 0.0705. The Hall–Kier alpha value is -3.87. The van der Waals surface area contributed by atoms with Crippen molar-refractivity contribution in [3.05, 3.63) is 101 Å². The van der Waals surface area contributed by atoms with Gasteiger partial charge in [0, 0.05) is 31.2 Å². The van der Waals surface area contributed by atoms with Gasteiger partial charge in [-0.05, 0) is 60.9 Å². The second-order valence-electron chi connectivity index (χ2n) is 7.61. The highest BCUT2D eigenvalue weighted by Crippen LogP contribution is 2.28. The molecule has 1 aliphatic rings. The van der Waals surface area contributed by atoms with Crippen LogP contribution in [0.15, 0.2) is 72.6 Å². The minimum Gasteiger partial charge on any atom is -0.334 e. The van der Waals surface area contributed by atoms with Crippen LogP contribution in [0.25, 0.3) is 5.57 Å². The Bertz CT molecular complexity index is 1170. The van der Waals surface area contributed by atoms with Crippen LogP contribution in [-0.2, 0) is 0 Å². The first-order chi connectivity index (χ1) is 15.4. The van der Waals surface area contributed by atoms with Crippen molar-refractivity contribution in [1.29, 1.82) is 0 Å². The third-order valence-corrected chi connectivity index (χ3v) is 5.50. The largest absolute Gasteiger partial charge is 0.334 e. The first kappa shape index (κ1) is 21.4. The highest BCUT2D eigenvalue weighted by atomic mass is 19.1. The molecule has 7 heteroatoms. The van der Waals surface area contributed by atoms with Crippen molar-refractivity contribution in [2.75, 3.05) is 18.4 Å². The fraction of sp³-hybridized carbons (Fsp3) is 0.160. The van der Waals surface area contributed by atoms with E-state index in [1.807, 2.05) is 19.1 Å². The zero-order valence-electron chi connectivity index (χ0n) is 17.4. The molecular weight excluding hydrogens is 412 g/mol. The van der Waals surface area contributed by atoms with Crippen LogP contribution < -0.4 is 5.32 Å². The number of halogens is 2. The second-order valence-corrected chi connectivity index (χ2v) is 7.61. The van der Waals surface area contributed by atoms with E-state index in [9.17, 15) is 18.4 Å². The monoisotopic (exact) mass is 433 g/mol. The number of nitrogens with one attached hydrogen (secondary N) is 1. The molecule has 3 aromatic rings. The van der Waals surface area contributed by atoms with Crippen molar-refractivity contribution in [2.24, 2.45) is 0 Å². The molecule has 1 aliphatic heterocycles. The van der Waals surface area contributed by atoms with E-state index in [1.165, 1.54) is 11.6 Å². The fourth-order valence-corrected chi connectivity index (χ4v) is 3.70. The van der Waals surface area contributed by atoms with Gasteiger partial charge in [-0.1, -0.05) is 23.8 Å². The summed E-state index contributed by atoms with van der Waals surface area (Å²) in [6.45, 7) is 3.13.